The van der Waals surface area contributed by atoms with Gasteiger partial charge in [0, 0.05) is 22.6 Å². The van der Waals surface area contributed by atoms with Crippen LogP contribution in [0.2, 0.25) is 18.1 Å². The Bertz CT molecular complexity index is 2020. The molecule has 288 valence electrons. The van der Waals surface area contributed by atoms with Crippen molar-refractivity contribution in [1.82, 2.24) is 0 Å². The van der Waals surface area contributed by atoms with Crippen LogP contribution < -0.4 is 9.26 Å². The molecular weight excluding hydrogens is 789 g/mol. The van der Waals surface area contributed by atoms with Crippen LogP contribution in [0.1, 0.15) is 49.9 Å². The van der Waals surface area contributed by atoms with E-state index in [-0.39, 0.29) is 38.3 Å². The third-order valence-electron chi connectivity index (χ3n) is 8.47. The van der Waals surface area contributed by atoms with Gasteiger partial charge in [0.05, 0.1) is 12.0 Å². The van der Waals surface area contributed by atoms with E-state index < -0.39 is 84.8 Å². The van der Waals surface area contributed by atoms with Crippen LogP contribution in [0.4, 0.5) is 30.7 Å². The van der Waals surface area contributed by atoms with E-state index in [0.29, 0.717) is 11.3 Å². The molecule has 1 heterocycles. The molecule has 1 aromatic heterocycles. The smallest absolute Gasteiger partial charge is 0.420 e. The lowest BCUT2D eigenvalue weighted by Gasteiger charge is -2.38. The number of carbonyl (C=O) groups excluding carboxylic acids is 2. The zero-order chi connectivity index (χ0) is 39.7. The van der Waals surface area contributed by atoms with E-state index >= 15 is 8.78 Å². The Morgan fingerprint density at radius 1 is 0.849 bits per heavy atom. The lowest BCUT2D eigenvalue weighted by Crippen LogP contribution is -2.44. The average Bonchev–Trinajstić information content (AvgIpc) is 3.53. The first-order valence-electron chi connectivity index (χ1n) is 15.9. The number of benzene rings is 3. The van der Waals surface area contributed by atoms with Gasteiger partial charge in [-0.3, -0.25) is 9.32 Å². The van der Waals surface area contributed by atoms with Gasteiger partial charge in [0.1, 0.15) is 10.6 Å². The molecule has 0 aliphatic carbocycles. The monoisotopic (exact) mass is 824 g/mol. The summed E-state index contributed by atoms with van der Waals surface area (Å²) in [6.45, 7) is 13.3. The number of thioether (sulfide) groups is 1. The van der Waals surface area contributed by atoms with Crippen LogP contribution in [0.15, 0.2) is 54.6 Å². The molecule has 0 fully saturated rings. The van der Waals surface area contributed by atoms with Gasteiger partial charge in [-0.15, -0.1) is 11.3 Å². The first-order valence-corrected chi connectivity index (χ1v) is 22.1. The summed E-state index contributed by atoms with van der Waals surface area (Å²) in [6, 6.07) is 11.0. The second kappa shape index (κ2) is 15.9. The van der Waals surface area contributed by atoms with Crippen molar-refractivity contribution in [3.8, 4) is 11.5 Å². The molecule has 1 unspecified atom stereocenters. The number of ether oxygens (including phenoxy) is 1. The minimum absolute atomic E-state index is 0.0499. The SMILES string of the molecule is CC(C)(CO[Si](C)(C)C(C)(C)C)C(=O)SCCOP(=O)(Oc1ccccc1)C(F)(F)c1ccc2sc(C(=O)Oc3c(F)c(F)c(F)c(F)c3F)cc2c1. The fourth-order valence-corrected chi connectivity index (χ4v) is 8.73. The van der Waals surface area contributed by atoms with E-state index in [1.807, 2.05) is 0 Å². The number of para-hydroxylation sites is 1. The molecule has 0 amide bonds. The van der Waals surface area contributed by atoms with Gasteiger partial charge in [0.15, 0.2) is 13.4 Å². The highest BCUT2D eigenvalue weighted by atomic mass is 32.2. The number of esters is 1. The Balaban J connectivity index is 1.54. The average molecular weight is 825 g/mol. The van der Waals surface area contributed by atoms with Crippen molar-refractivity contribution in [1.29, 1.82) is 0 Å². The van der Waals surface area contributed by atoms with Crippen molar-refractivity contribution < 1.29 is 63.1 Å². The number of thiophene rings is 1. The van der Waals surface area contributed by atoms with Crippen LogP contribution >= 0.6 is 30.7 Å². The Morgan fingerprint density at radius 3 is 2.02 bits per heavy atom. The fraction of sp³-hybridized carbons (Fsp3) is 0.371. The number of halogens is 7. The van der Waals surface area contributed by atoms with Crippen LogP contribution in [0.5, 0.6) is 11.5 Å². The summed E-state index contributed by atoms with van der Waals surface area (Å²) in [5, 5.41) is -0.426. The Morgan fingerprint density at radius 2 is 1.43 bits per heavy atom. The Labute approximate surface area is 310 Å². The fourth-order valence-electron chi connectivity index (χ4n) is 4.21. The van der Waals surface area contributed by atoms with E-state index in [1.54, 1.807) is 19.9 Å². The standard InChI is InChI=1S/C35H36F7O7PS2Si/c1-33(2,3)53(6,7)47-19-34(4,5)32(44)51-16-15-46-50(45,49-22-11-9-8-10-12-22)35(41,42)21-13-14-23-20(17-21)18-24(52-23)31(43)48-30-28(39)26(37)25(36)27(38)29(30)40/h8-14,17-18H,15-16,19H2,1-7H3. The van der Waals surface area contributed by atoms with Gasteiger partial charge in [0.25, 0.3) is 0 Å². The van der Waals surface area contributed by atoms with Crippen molar-refractivity contribution >= 4 is 60.2 Å². The first kappa shape index (κ1) is 42.5. The lowest BCUT2D eigenvalue weighted by atomic mass is 9.97. The topological polar surface area (TPSA) is 88.1 Å². The molecule has 0 aliphatic rings. The molecule has 53 heavy (non-hydrogen) atoms. The third-order valence-corrected chi connectivity index (χ3v) is 17.2. The summed E-state index contributed by atoms with van der Waals surface area (Å²) in [6.07, 6.45) is 0. The number of hydrogen-bond donors (Lipinski definition) is 0. The summed E-state index contributed by atoms with van der Waals surface area (Å²) in [7, 11) is -7.60. The largest absolute Gasteiger partial charge is 0.453 e. The molecule has 18 heteroatoms. The van der Waals surface area contributed by atoms with Crippen LogP contribution in [0, 0.1) is 34.5 Å². The molecule has 0 saturated heterocycles. The van der Waals surface area contributed by atoms with Gasteiger partial charge in [-0.25, -0.2) is 22.5 Å². The predicted octanol–water partition coefficient (Wildman–Crippen LogP) is 11.5. The molecule has 0 radical (unpaired) electrons. The summed E-state index contributed by atoms with van der Waals surface area (Å²) >= 11 is 1.41. The zero-order valence-corrected chi connectivity index (χ0v) is 33.1. The normalized spacial score (nSPS) is 13.9. The lowest BCUT2D eigenvalue weighted by molar-refractivity contribution is -0.119. The molecule has 0 saturated carbocycles. The second-order valence-corrected chi connectivity index (χ2v) is 23.0. The van der Waals surface area contributed by atoms with Gasteiger partial charge in [0.2, 0.25) is 34.8 Å². The number of hydrogen-bond acceptors (Lipinski definition) is 9. The van der Waals surface area contributed by atoms with E-state index in [9.17, 15) is 36.1 Å². The van der Waals surface area contributed by atoms with E-state index in [1.165, 1.54) is 24.3 Å². The molecule has 0 N–H and O–H groups in total. The third kappa shape index (κ3) is 9.19. The number of alkyl halides is 2. The number of fused-ring (bicyclic) bond motifs is 1. The van der Waals surface area contributed by atoms with Gasteiger partial charge >= 0.3 is 19.2 Å². The van der Waals surface area contributed by atoms with Crippen molar-refractivity contribution in [2.45, 2.75) is 58.4 Å². The zero-order valence-electron chi connectivity index (χ0n) is 29.6. The molecule has 3 aromatic carbocycles. The summed E-state index contributed by atoms with van der Waals surface area (Å²) in [4.78, 5) is 25.3. The molecular formula is C35H36F7O7PS2Si. The molecule has 4 aromatic rings. The summed E-state index contributed by atoms with van der Waals surface area (Å²) in [5.41, 5.74) is -6.11. The second-order valence-electron chi connectivity index (χ2n) is 14.0. The predicted molar refractivity (Wildman–Crippen MR) is 192 cm³/mol. The van der Waals surface area contributed by atoms with E-state index in [2.05, 4.69) is 38.6 Å². The highest BCUT2D eigenvalue weighted by Gasteiger charge is 2.56. The molecule has 1 atom stereocenters. The van der Waals surface area contributed by atoms with Crippen LogP contribution in [0.25, 0.3) is 10.1 Å². The summed E-state index contributed by atoms with van der Waals surface area (Å²) < 4.78 is 137. The highest BCUT2D eigenvalue weighted by molar-refractivity contribution is 8.13. The highest BCUT2D eigenvalue weighted by Crippen LogP contribution is 2.66. The van der Waals surface area contributed by atoms with Crippen molar-refractivity contribution in [3.05, 3.63) is 94.1 Å². The molecule has 4 rings (SSSR count). The van der Waals surface area contributed by atoms with Gasteiger partial charge in [-0.1, -0.05) is 56.8 Å². The van der Waals surface area contributed by atoms with Crippen molar-refractivity contribution in [2.75, 3.05) is 19.0 Å². The first-order chi connectivity index (χ1) is 24.4. The van der Waals surface area contributed by atoms with Gasteiger partial charge < -0.3 is 13.7 Å². The Kier molecular flexibility index (Phi) is 12.7. The van der Waals surface area contributed by atoms with Crippen molar-refractivity contribution in [3.63, 3.8) is 0 Å². The molecule has 0 bridgehead atoms. The minimum atomic E-state index is -5.43. The number of carbonyl (C=O) groups is 2. The van der Waals surface area contributed by atoms with Crippen molar-refractivity contribution in [2.24, 2.45) is 5.41 Å². The molecule has 0 aliphatic heterocycles. The maximum absolute atomic E-state index is 16.3. The number of rotatable bonds is 14. The molecule has 0 spiro atoms. The van der Waals surface area contributed by atoms with Crippen LogP contribution in [-0.2, 0) is 24.0 Å². The van der Waals surface area contributed by atoms with E-state index in [4.69, 9.17) is 13.5 Å². The summed E-state index contributed by atoms with van der Waals surface area (Å²) in [5.74, 6) is -15.6. The molecule has 7 nitrogen and oxygen atoms in total. The Hall–Kier alpha value is -3.21. The van der Waals surface area contributed by atoms with Crippen LogP contribution in [0.3, 0.4) is 0 Å². The maximum atomic E-state index is 16.3. The van der Waals surface area contributed by atoms with Crippen LogP contribution in [-0.4, -0.2) is 38.4 Å². The minimum Gasteiger partial charge on any atom is -0.420 e. The van der Waals surface area contributed by atoms with E-state index in [0.717, 1.165) is 36.0 Å². The maximum Gasteiger partial charge on any atom is 0.453 e. The van der Waals surface area contributed by atoms with Gasteiger partial charge in [-0.2, -0.15) is 17.6 Å². The quantitative estimate of drug-likeness (QED) is 0.0182. The van der Waals surface area contributed by atoms with Gasteiger partial charge in [-0.05, 0) is 67.7 Å².